The molecular weight excluding hydrogens is 242 g/mol. The molecule has 1 heterocycles. The van der Waals surface area contributed by atoms with Crippen molar-refractivity contribution >= 4 is 5.69 Å². The third kappa shape index (κ3) is 4.03. The number of anilines is 1. The van der Waals surface area contributed by atoms with Crippen LogP contribution in [0.25, 0.3) is 0 Å². The summed E-state index contributed by atoms with van der Waals surface area (Å²) in [5.74, 6) is 2.27. The largest absolute Gasteiger partial charge is 0.494 e. The molecule has 0 atom stereocenters. The first-order valence-corrected chi connectivity index (χ1v) is 6.47. The summed E-state index contributed by atoms with van der Waals surface area (Å²) in [4.78, 5) is 0. The molecule has 0 saturated carbocycles. The zero-order valence-electron chi connectivity index (χ0n) is 11.1. The van der Waals surface area contributed by atoms with Gasteiger partial charge in [-0.1, -0.05) is 6.92 Å². The third-order valence-electron chi connectivity index (χ3n) is 2.67. The summed E-state index contributed by atoms with van der Waals surface area (Å²) in [7, 11) is 0. The van der Waals surface area contributed by atoms with Gasteiger partial charge in [0.15, 0.2) is 0 Å². The number of ether oxygens (including phenoxy) is 1. The van der Waals surface area contributed by atoms with Crippen molar-refractivity contribution in [1.82, 2.24) is 0 Å². The second-order valence-corrected chi connectivity index (χ2v) is 4.25. The number of furan rings is 1. The summed E-state index contributed by atoms with van der Waals surface area (Å²) in [6.45, 7) is 3.35. The fourth-order valence-electron chi connectivity index (χ4n) is 1.68. The molecule has 2 aromatic rings. The second kappa shape index (κ2) is 6.85. The van der Waals surface area contributed by atoms with Gasteiger partial charge in [-0.15, -0.1) is 0 Å². The normalized spacial score (nSPS) is 10.4. The van der Waals surface area contributed by atoms with E-state index < -0.39 is 0 Å². The van der Waals surface area contributed by atoms with E-state index in [1.807, 2.05) is 30.3 Å². The van der Waals surface area contributed by atoms with Gasteiger partial charge in [0.05, 0.1) is 13.2 Å². The number of rotatable bonds is 7. The first kappa shape index (κ1) is 13.5. The number of nitrogens with one attached hydrogen (secondary N) is 1. The zero-order valence-corrected chi connectivity index (χ0v) is 11.1. The predicted octanol–water partition coefficient (Wildman–Crippen LogP) is 3.17. The Kier molecular flexibility index (Phi) is 4.86. The van der Waals surface area contributed by atoms with Gasteiger partial charge in [-0.05, 0) is 42.8 Å². The van der Waals surface area contributed by atoms with Gasteiger partial charge >= 0.3 is 0 Å². The average molecular weight is 261 g/mol. The van der Waals surface area contributed by atoms with E-state index in [9.17, 15) is 0 Å². The van der Waals surface area contributed by atoms with Gasteiger partial charge < -0.3 is 19.6 Å². The van der Waals surface area contributed by atoms with E-state index in [-0.39, 0.29) is 6.61 Å². The lowest BCUT2D eigenvalue weighted by Crippen LogP contribution is -1.99. The molecule has 0 aliphatic rings. The van der Waals surface area contributed by atoms with Crippen molar-refractivity contribution in [3.8, 4) is 5.75 Å². The van der Waals surface area contributed by atoms with Crippen molar-refractivity contribution in [1.29, 1.82) is 0 Å². The average Bonchev–Trinajstić information content (AvgIpc) is 2.92. The quantitative estimate of drug-likeness (QED) is 0.803. The Morgan fingerprint density at radius 3 is 2.47 bits per heavy atom. The highest BCUT2D eigenvalue weighted by Gasteiger charge is 2.01. The van der Waals surface area contributed by atoms with Crippen molar-refractivity contribution in [2.24, 2.45) is 0 Å². The van der Waals surface area contributed by atoms with E-state index in [1.54, 1.807) is 6.07 Å². The molecular formula is C15H19NO3. The highest BCUT2D eigenvalue weighted by molar-refractivity contribution is 5.46. The van der Waals surface area contributed by atoms with Crippen LogP contribution in [0.3, 0.4) is 0 Å². The Morgan fingerprint density at radius 2 is 1.84 bits per heavy atom. The first-order chi connectivity index (χ1) is 9.31. The molecule has 0 bridgehead atoms. The standard InChI is InChI=1S/C15H19NO3/c1-2-9-18-13-5-3-12(4-6-13)16-10-14-7-8-15(11-17)19-14/h3-8,16-17H,2,9-11H2,1H3. The van der Waals surface area contributed by atoms with Gasteiger partial charge in [0.2, 0.25) is 0 Å². The lowest BCUT2D eigenvalue weighted by atomic mass is 10.3. The van der Waals surface area contributed by atoms with Gasteiger partial charge in [-0.25, -0.2) is 0 Å². The molecule has 1 aromatic carbocycles. The molecule has 0 unspecified atom stereocenters. The number of aliphatic hydroxyl groups is 1. The highest BCUT2D eigenvalue weighted by atomic mass is 16.5. The van der Waals surface area contributed by atoms with Crippen LogP contribution in [0.15, 0.2) is 40.8 Å². The Balaban J connectivity index is 1.85. The smallest absolute Gasteiger partial charge is 0.129 e. The van der Waals surface area contributed by atoms with Crippen LogP contribution in [0, 0.1) is 0 Å². The summed E-state index contributed by atoms with van der Waals surface area (Å²) in [6.07, 6.45) is 1.01. The van der Waals surface area contributed by atoms with Crippen molar-refractivity contribution in [2.75, 3.05) is 11.9 Å². The molecule has 0 radical (unpaired) electrons. The third-order valence-corrected chi connectivity index (χ3v) is 2.67. The van der Waals surface area contributed by atoms with E-state index in [2.05, 4.69) is 12.2 Å². The van der Waals surface area contributed by atoms with Crippen LogP contribution < -0.4 is 10.1 Å². The summed E-state index contributed by atoms with van der Waals surface area (Å²) >= 11 is 0. The SMILES string of the molecule is CCCOc1ccc(NCc2ccc(CO)o2)cc1. The Morgan fingerprint density at radius 1 is 1.11 bits per heavy atom. The molecule has 4 heteroatoms. The van der Waals surface area contributed by atoms with Gasteiger partial charge in [-0.2, -0.15) is 0 Å². The summed E-state index contributed by atoms with van der Waals surface area (Å²) < 4.78 is 10.9. The Hall–Kier alpha value is -1.94. The molecule has 102 valence electrons. The molecule has 2 rings (SSSR count). The molecule has 0 saturated heterocycles. The summed E-state index contributed by atoms with van der Waals surface area (Å²) in [5, 5.41) is 12.2. The second-order valence-electron chi connectivity index (χ2n) is 4.25. The number of hydrogen-bond donors (Lipinski definition) is 2. The van der Waals surface area contributed by atoms with Gasteiger partial charge in [-0.3, -0.25) is 0 Å². The maximum Gasteiger partial charge on any atom is 0.129 e. The maximum absolute atomic E-state index is 8.91. The van der Waals surface area contributed by atoms with E-state index in [0.29, 0.717) is 12.3 Å². The van der Waals surface area contributed by atoms with Crippen molar-refractivity contribution in [3.05, 3.63) is 47.9 Å². The first-order valence-electron chi connectivity index (χ1n) is 6.47. The number of hydrogen-bond acceptors (Lipinski definition) is 4. The van der Waals surface area contributed by atoms with Crippen molar-refractivity contribution in [3.63, 3.8) is 0 Å². The lowest BCUT2D eigenvalue weighted by molar-refractivity contribution is 0.244. The highest BCUT2D eigenvalue weighted by Crippen LogP contribution is 2.17. The fourth-order valence-corrected chi connectivity index (χ4v) is 1.68. The van der Waals surface area contributed by atoms with Crippen LogP contribution in [-0.2, 0) is 13.2 Å². The van der Waals surface area contributed by atoms with Crippen molar-refractivity contribution in [2.45, 2.75) is 26.5 Å². The maximum atomic E-state index is 8.91. The zero-order chi connectivity index (χ0) is 13.5. The fraction of sp³-hybridized carbons (Fsp3) is 0.333. The van der Waals surface area contributed by atoms with Crippen LogP contribution in [0.2, 0.25) is 0 Å². The van der Waals surface area contributed by atoms with Crippen LogP contribution in [0.4, 0.5) is 5.69 Å². The van der Waals surface area contributed by atoms with Crippen LogP contribution in [0.5, 0.6) is 5.75 Å². The monoisotopic (exact) mass is 261 g/mol. The topological polar surface area (TPSA) is 54.6 Å². The van der Waals surface area contributed by atoms with Crippen LogP contribution in [0.1, 0.15) is 24.9 Å². The molecule has 0 amide bonds. The van der Waals surface area contributed by atoms with Crippen LogP contribution in [-0.4, -0.2) is 11.7 Å². The predicted molar refractivity (Wildman–Crippen MR) is 74.2 cm³/mol. The number of aliphatic hydroxyl groups excluding tert-OH is 1. The minimum absolute atomic E-state index is 0.0660. The Bertz CT molecular complexity index is 490. The summed E-state index contributed by atoms with van der Waals surface area (Å²) in [6, 6.07) is 11.5. The molecule has 0 fully saturated rings. The van der Waals surface area contributed by atoms with Gasteiger partial charge in [0.1, 0.15) is 23.9 Å². The lowest BCUT2D eigenvalue weighted by Gasteiger charge is -2.07. The molecule has 19 heavy (non-hydrogen) atoms. The van der Waals surface area contributed by atoms with E-state index in [0.717, 1.165) is 30.2 Å². The molecule has 0 aliphatic carbocycles. The van der Waals surface area contributed by atoms with Gasteiger partial charge in [0, 0.05) is 5.69 Å². The van der Waals surface area contributed by atoms with E-state index in [4.69, 9.17) is 14.3 Å². The number of benzene rings is 1. The molecule has 1 aromatic heterocycles. The molecule has 0 aliphatic heterocycles. The minimum Gasteiger partial charge on any atom is -0.494 e. The van der Waals surface area contributed by atoms with Crippen LogP contribution >= 0.6 is 0 Å². The summed E-state index contributed by atoms with van der Waals surface area (Å²) in [5.41, 5.74) is 1.01. The molecule has 4 nitrogen and oxygen atoms in total. The molecule has 2 N–H and O–H groups in total. The molecule has 0 spiro atoms. The Labute approximate surface area is 113 Å². The van der Waals surface area contributed by atoms with Crippen molar-refractivity contribution < 1.29 is 14.3 Å². The van der Waals surface area contributed by atoms with Gasteiger partial charge in [0.25, 0.3) is 0 Å². The minimum atomic E-state index is -0.0660. The van der Waals surface area contributed by atoms with E-state index >= 15 is 0 Å². The van der Waals surface area contributed by atoms with E-state index in [1.165, 1.54) is 0 Å².